The number of benzene rings is 2. The highest BCUT2D eigenvalue weighted by molar-refractivity contribution is 5.97. The molecule has 1 aromatic heterocycles. The highest BCUT2D eigenvalue weighted by Gasteiger charge is 2.23. The quantitative estimate of drug-likeness (QED) is 0.681. The third-order valence-corrected chi connectivity index (χ3v) is 4.70. The Morgan fingerprint density at radius 3 is 2.57 bits per heavy atom. The van der Waals surface area contributed by atoms with Gasteiger partial charge in [0.1, 0.15) is 5.82 Å². The molecule has 0 spiro atoms. The van der Waals surface area contributed by atoms with Gasteiger partial charge in [-0.3, -0.25) is 9.36 Å². The van der Waals surface area contributed by atoms with E-state index in [1.807, 2.05) is 22.8 Å². The monoisotopic (exact) mass is 307 g/mol. The molecular weight excluding hydrogens is 289 g/mol. The summed E-state index contributed by atoms with van der Waals surface area (Å²) >= 11 is 0. The van der Waals surface area contributed by atoms with Gasteiger partial charge in [-0.25, -0.2) is 4.39 Å². The van der Waals surface area contributed by atoms with E-state index in [1.54, 1.807) is 12.1 Å². The summed E-state index contributed by atoms with van der Waals surface area (Å²) in [7, 11) is 0. The number of hydrogen-bond acceptors (Lipinski definition) is 1. The van der Waals surface area contributed by atoms with Gasteiger partial charge in [-0.05, 0) is 55.0 Å². The number of fused-ring (bicyclic) bond motifs is 3. The maximum absolute atomic E-state index is 13.0. The fourth-order valence-corrected chi connectivity index (χ4v) is 3.64. The molecule has 0 saturated carbocycles. The minimum atomic E-state index is -0.273. The molecule has 1 heterocycles. The smallest absolute Gasteiger partial charge is 0.235 e. The number of aromatic nitrogens is 1. The van der Waals surface area contributed by atoms with Crippen molar-refractivity contribution in [2.45, 2.75) is 32.1 Å². The molecule has 3 aromatic rings. The third-order valence-electron chi connectivity index (χ3n) is 4.70. The van der Waals surface area contributed by atoms with Gasteiger partial charge in [0.15, 0.2) is 0 Å². The van der Waals surface area contributed by atoms with Gasteiger partial charge in [0.05, 0.1) is 11.9 Å². The van der Waals surface area contributed by atoms with Crippen LogP contribution in [-0.2, 0) is 19.3 Å². The molecule has 2 aromatic carbocycles. The Labute approximate surface area is 134 Å². The zero-order chi connectivity index (χ0) is 15.8. The number of hydrogen-bond donors (Lipinski definition) is 0. The summed E-state index contributed by atoms with van der Waals surface area (Å²) in [5.41, 5.74) is 4.36. The molecule has 0 bridgehead atoms. The standard InChI is InChI=1S/C20H18FNO/c21-15-11-9-14(10-12-15)13-20(23)22-18-7-3-1-5-16(18)17-6-2-4-8-19(17)22/h1,3,5,7,9-12H,2,4,6,8,13H2. The Balaban J connectivity index is 1.78. The van der Waals surface area contributed by atoms with E-state index in [0.29, 0.717) is 6.42 Å². The van der Waals surface area contributed by atoms with Crippen molar-refractivity contribution in [2.75, 3.05) is 0 Å². The number of nitrogens with zero attached hydrogens (tertiary/aromatic N) is 1. The van der Waals surface area contributed by atoms with Crippen LogP contribution in [0.15, 0.2) is 48.5 Å². The van der Waals surface area contributed by atoms with E-state index >= 15 is 0 Å². The predicted molar refractivity (Wildman–Crippen MR) is 89.3 cm³/mol. The minimum absolute atomic E-state index is 0.0657. The summed E-state index contributed by atoms with van der Waals surface area (Å²) in [5.74, 6) is -0.207. The molecule has 0 fully saturated rings. The first-order chi connectivity index (χ1) is 11.2. The molecule has 2 nitrogen and oxygen atoms in total. The lowest BCUT2D eigenvalue weighted by atomic mass is 9.95. The van der Waals surface area contributed by atoms with Gasteiger partial charge in [0.25, 0.3) is 0 Å². The first-order valence-corrected chi connectivity index (χ1v) is 8.13. The Hall–Kier alpha value is -2.42. The van der Waals surface area contributed by atoms with E-state index in [4.69, 9.17) is 0 Å². The van der Waals surface area contributed by atoms with Crippen LogP contribution in [0.4, 0.5) is 4.39 Å². The van der Waals surface area contributed by atoms with Crippen molar-refractivity contribution in [1.82, 2.24) is 4.57 Å². The van der Waals surface area contributed by atoms with Gasteiger partial charge in [-0.15, -0.1) is 0 Å². The fourth-order valence-electron chi connectivity index (χ4n) is 3.64. The lowest BCUT2D eigenvalue weighted by molar-refractivity contribution is 0.0915. The third kappa shape index (κ3) is 2.46. The van der Waals surface area contributed by atoms with Crippen molar-refractivity contribution in [2.24, 2.45) is 0 Å². The van der Waals surface area contributed by atoms with Gasteiger partial charge in [-0.2, -0.15) is 0 Å². The maximum atomic E-state index is 13.0. The molecule has 0 amide bonds. The summed E-state index contributed by atoms with van der Waals surface area (Å²) in [6, 6.07) is 14.3. The molecular formula is C20H18FNO. The molecule has 4 rings (SSSR count). The van der Waals surface area contributed by atoms with Crippen LogP contribution in [-0.4, -0.2) is 10.5 Å². The van der Waals surface area contributed by atoms with Crippen LogP contribution in [0.2, 0.25) is 0 Å². The van der Waals surface area contributed by atoms with E-state index in [0.717, 1.165) is 30.3 Å². The first kappa shape index (κ1) is 14.2. The second-order valence-electron chi connectivity index (χ2n) is 6.18. The average Bonchev–Trinajstić information content (AvgIpc) is 2.91. The van der Waals surface area contributed by atoms with Crippen LogP contribution in [0, 0.1) is 5.82 Å². The summed E-state index contributed by atoms with van der Waals surface area (Å²) in [6.07, 6.45) is 4.62. The summed E-state index contributed by atoms with van der Waals surface area (Å²) < 4.78 is 14.9. The van der Waals surface area contributed by atoms with Gasteiger partial charge < -0.3 is 0 Å². The van der Waals surface area contributed by atoms with E-state index in [-0.39, 0.29) is 11.7 Å². The SMILES string of the molecule is O=C(Cc1ccc(F)cc1)n1c2c(c3ccccc31)CCCC2. The van der Waals surface area contributed by atoms with Crippen molar-refractivity contribution in [3.8, 4) is 0 Å². The second kappa shape index (κ2) is 5.65. The van der Waals surface area contributed by atoms with Crippen LogP contribution in [0.5, 0.6) is 0 Å². The van der Waals surface area contributed by atoms with Crippen molar-refractivity contribution < 1.29 is 9.18 Å². The second-order valence-corrected chi connectivity index (χ2v) is 6.18. The Morgan fingerprint density at radius 2 is 1.74 bits per heavy atom. The highest BCUT2D eigenvalue weighted by atomic mass is 19.1. The number of carbonyl (C=O) groups is 1. The molecule has 0 N–H and O–H groups in total. The van der Waals surface area contributed by atoms with E-state index in [2.05, 4.69) is 6.07 Å². The van der Waals surface area contributed by atoms with Crippen LogP contribution >= 0.6 is 0 Å². The fraction of sp³-hybridized carbons (Fsp3) is 0.250. The maximum Gasteiger partial charge on any atom is 0.235 e. The molecule has 0 radical (unpaired) electrons. The van der Waals surface area contributed by atoms with Crippen molar-refractivity contribution in [1.29, 1.82) is 0 Å². The van der Waals surface area contributed by atoms with Crippen LogP contribution in [0.3, 0.4) is 0 Å². The van der Waals surface area contributed by atoms with Gasteiger partial charge in [0, 0.05) is 11.1 Å². The number of halogens is 1. The Bertz CT molecular complexity index is 877. The molecule has 1 aliphatic rings. The molecule has 0 saturated heterocycles. The highest BCUT2D eigenvalue weighted by Crippen LogP contribution is 2.32. The summed E-state index contributed by atoms with van der Waals surface area (Å²) in [5, 5.41) is 1.20. The molecule has 116 valence electrons. The molecule has 0 unspecified atom stereocenters. The molecule has 0 aliphatic heterocycles. The van der Waals surface area contributed by atoms with Crippen LogP contribution in [0.25, 0.3) is 10.9 Å². The van der Waals surface area contributed by atoms with Gasteiger partial charge in [-0.1, -0.05) is 30.3 Å². The summed E-state index contributed by atoms with van der Waals surface area (Å²) in [4.78, 5) is 12.9. The first-order valence-electron chi connectivity index (χ1n) is 8.13. The number of carbonyl (C=O) groups excluding carboxylic acids is 1. The molecule has 23 heavy (non-hydrogen) atoms. The predicted octanol–water partition coefficient (Wildman–Crippen LogP) is 4.54. The minimum Gasteiger partial charge on any atom is -0.284 e. The number of rotatable bonds is 2. The number of aryl methyl sites for hydroxylation is 1. The normalized spacial score (nSPS) is 14.0. The van der Waals surface area contributed by atoms with Crippen molar-refractivity contribution in [3.05, 3.63) is 71.2 Å². The number of para-hydroxylation sites is 1. The van der Waals surface area contributed by atoms with Gasteiger partial charge in [0.2, 0.25) is 5.91 Å². The Kier molecular flexibility index (Phi) is 3.49. The average molecular weight is 307 g/mol. The molecule has 3 heteroatoms. The van der Waals surface area contributed by atoms with Gasteiger partial charge >= 0.3 is 0 Å². The zero-order valence-corrected chi connectivity index (χ0v) is 12.9. The van der Waals surface area contributed by atoms with E-state index in [1.165, 1.54) is 35.2 Å². The summed E-state index contributed by atoms with van der Waals surface area (Å²) in [6.45, 7) is 0. The Morgan fingerprint density at radius 1 is 1.00 bits per heavy atom. The van der Waals surface area contributed by atoms with Crippen molar-refractivity contribution in [3.63, 3.8) is 0 Å². The lowest BCUT2D eigenvalue weighted by Gasteiger charge is -2.15. The van der Waals surface area contributed by atoms with E-state index in [9.17, 15) is 9.18 Å². The molecule has 1 aliphatic carbocycles. The zero-order valence-electron chi connectivity index (χ0n) is 12.9. The topological polar surface area (TPSA) is 22.0 Å². The van der Waals surface area contributed by atoms with E-state index < -0.39 is 0 Å². The lowest BCUT2D eigenvalue weighted by Crippen LogP contribution is -2.18. The van der Waals surface area contributed by atoms with Crippen LogP contribution in [0.1, 0.15) is 34.5 Å². The van der Waals surface area contributed by atoms with Crippen molar-refractivity contribution >= 4 is 16.8 Å². The van der Waals surface area contributed by atoms with Crippen LogP contribution < -0.4 is 0 Å². The largest absolute Gasteiger partial charge is 0.284 e. The molecule has 0 atom stereocenters.